The lowest BCUT2D eigenvalue weighted by Gasteiger charge is -2.40. The van der Waals surface area contributed by atoms with Crippen LogP contribution in [0.2, 0.25) is 0 Å². The molecule has 1 spiro atoms. The lowest BCUT2D eigenvalue weighted by Crippen LogP contribution is -2.53. The monoisotopic (exact) mass is 550 g/mol. The number of alkyl halides is 1. The van der Waals surface area contributed by atoms with Crippen molar-refractivity contribution in [2.75, 3.05) is 57.5 Å². The summed E-state index contributed by atoms with van der Waals surface area (Å²) in [6.07, 6.45) is 1.28. The molecule has 0 aliphatic carbocycles. The number of halogens is 1. The summed E-state index contributed by atoms with van der Waals surface area (Å²) >= 11 is 1.68. The molecular formula is C28H31FN6O3S. The number of nitrogens with zero attached hydrogens (tertiary/aromatic N) is 6. The Balaban J connectivity index is 1.20. The van der Waals surface area contributed by atoms with E-state index in [0.717, 1.165) is 51.8 Å². The molecule has 1 atom stereocenters. The molecular weight excluding hydrogens is 519 g/mol. The van der Waals surface area contributed by atoms with Crippen LogP contribution in [0, 0.1) is 6.92 Å². The fourth-order valence-corrected chi connectivity index (χ4v) is 6.76. The van der Waals surface area contributed by atoms with Gasteiger partial charge in [-0.1, -0.05) is 23.8 Å². The summed E-state index contributed by atoms with van der Waals surface area (Å²) in [7, 11) is 0. The Labute approximate surface area is 230 Å². The van der Waals surface area contributed by atoms with E-state index in [-0.39, 0.29) is 6.54 Å². The van der Waals surface area contributed by atoms with Gasteiger partial charge >= 0.3 is 0 Å². The van der Waals surface area contributed by atoms with Crippen molar-refractivity contribution >= 4 is 27.4 Å². The number of fused-ring (bicyclic) bond motifs is 1. The van der Waals surface area contributed by atoms with Crippen molar-refractivity contribution < 1.29 is 18.6 Å². The van der Waals surface area contributed by atoms with Crippen molar-refractivity contribution in [1.29, 1.82) is 0 Å². The number of thiophene rings is 1. The summed E-state index contributed by atoms with van der Waals surface area (Å²) in [6.45, 7) is 7.52. The van der Waals surface area contributed by atoms with Gasteiger partial charge in [-0.15, -0.1) is 11.3 Å². The van der Waals surface area contributed by atoms with Crippen LogP contribution in [0.5, 0.6) is 0 Å². The molecule has 3 saturated heterocycles. The molecule has 3 fully saturated rings. The molecule has 0 saturated carbocycles. The molecule has 11 heteroatoms. The summed E-state index contributed by atoms with van der Waals surface area (Å²) in [5, 5.41) is 4.81. The van der Waals surface area contributed by atoms with Crippen molar-refractivity contribution in [3.8, 4) is 17.2 Å². The molecule has 204 valence electrons. The van der Waals surface area contributed by atoms with Crippen LogP contribution in [0.1, 0.15) is 16.9 Å². The van der Waals surface area contributed by atoms with Crippen molar-refractivity contribution in [1.82, 2.24) is 24.6 Å². The van der Waals surface area contributed by atoms with Gasteiger partial charge in [0, 0.05) is 55.8 Å². The number of rotatable bonds is 5. The molecule has 3 aliphatic rings. The van der Waals surface area contributed by atoms with Crippen LogP contribution in [0.3, 0.4) is 0 Å². The fourth-order valence-electron chi connectivity index (χ4n) is 5.60. The van der Waals surface area contributed by atoms with Crippen LogP contribution in [-0.2, 0) is 20.8 Å². The number of benzene rings is 1. The first-order chi connectivity index (χ1) is 19.1. The first kappa shape index (κ1) is 25.0. The van der Waals surface area contributed by atoms with E-state index in [1.54, 1.807) is 16.0 Å². The SMILES string of the molecule is Cc1cccc(-c2ccn(-c3nc(N4CCOCC4)c4sc(CN5CCC6(OCCO6)C(F)C5)cc4n3)n2)c1. The number of piperidine rings is 1. The zero-order chi connectivity index (χ0) is 26.4. The van der Waals surface area contributed by atoms with Gasteiger partial charge in [-0.2, -0.15) is 10.1 Å². The summed E-state index contributed by atoms with van der Waals surface area (Å²) < 4.78 is 34.7. The second kappa shape index (κ2) is 10.2. The minimum atomic E-state index is -1.17. The molecule has 4 aromatic rings. The summed E-state index contributed by atoms with van der Waals surface area (Å²) in [6, 6.07) is 12.4. The van der Waals surface area contributed by atoms with Gasteiger partial charge in [0.15, 0.2) is 12.0 Å². The van der Waals surface area contributed by atoms with Crippen molar-refractivity contribution in [2.45, 2.75) is 31.8 Å². The molecule has 7 rings (SSSR count). The standard InChI is InChI=1S/C28H31FN6O3S/c1-19-3-2-4-20(15-19)22-5-7-35(32-22)27-30-23-16-21(39-25(23)26(31-27)34-9-11-36-12-10-34)17-33-8-6-28(24(29)18-33)37-13-14-38-28/h2-5,7,15-16,24H,6,8-14,17-18H2,1H3. The van der Waals surface area contributed by atoms with E-state index in [2.05, 4.69) is 41.0 Å². The highest BCUT2D eigenvalue weighted by Crippen LogP contribution is 2.37. The van der Waals surface area contributed by atoms with E-state index in [0.29, 0.717) is 45.3 Å². The smallest absolute Gasteiger partial charge is 0.253 e. The Kier molecular flexibility index (Phi) is 6.56. The molecule has 39 heavy (non-hydrogen) atoms. The second-order valence-electron chi connectivity index (χ2n) is 10.4. The van der Waals surface area contributed by atoms with Gasteiger partial charge in [0.25, 0.3) is 5.95 Å². The minimum Gasteiger partial charge on any atom is -0.378 e. The Morgan fingerprint density at radius 2 is 1.90 bits per heavy atom. The Morgan fingerprint density at radius 1 is 1.05 bits per heavy atom. The number of likely N-dealkylation sites (tertiary alicyclic amines) is 1. The van der Waals surface area contributed by atoms with Crippen molar-refractivity contribution in [3.63, 3.8) is 0 Å². The van der Waals surface area contributed by atoms with Gasteiger partial charge < -0.3 is 19.1 Å². The topological polar surface area (TPSA) is 77.8 Å². The fraction of sp³-hybridized carbons (Fsp3) is 0.464. The van der Waals surface area contributed by atoms with Crippen molar-refractivity contribution in [3.05, 3.63) is 53.0 Å². The van der Waals surface area contributed by atoms with E-state index in [1.165, 1.54) is 5.56 Å². The average molecular weight is 551 g/mol. The average Bonchev–Trinajstić information content (AvgIpc) is 3.71. The zero-order valence-corrected chi connectivity index (χ0v) is 22.7. The maximum Gasteiger partial charge on any atom is 0.253 e. The molecule has 0 amide bonds. The van der Waals surface area contributed by atoms with E-state index in [1.807, 2.05) is 18.3 Å². The lowest BCUT2D eigenvalue weighted by molar-refractivity contribution is -0.225. The first-order valence-corrected chi connectivity index (χ1v) is 14.3. The van der Waals surface area contributed by atoms with Crippen LogP contribution in [0.25, 0.3) is 27.4 Å². The molecule has 1 aromatic carbocycles. The Hall–Kier alpha value is -2.96. The predicted octanol–water partition coefficient (Wildman–Crippen LogP) is 3.98. The number of hydrogen-bond donors (Lipinski definition) is 0. The molecule has 0 N–H and O–H groups in total. The normalized spacial score (nSPS) is 21.8. The van der Waals surface area contributed by atoms with E-state index < -0.39 is 12.0 Å². The van der Waals surface area contributed by atoms with Gasteiger partial charge in [-0.3, -0.25) is 4.90 Å². The number of aryl methyl sites for hydroxylation is 1. The largest absolute Gasteiger partial charge is 0.378 e. The number of morpholine rings is 1. The minimum absolute atomic E-state index is 0.288. The van der Waals surface area contributed by atoms with E-state index in [4.69, 9.17) is 29.3 Å². The lowest BCUT2D eigenvalue weighted by atomic mass is 10.0. The predicted molar refractivity (Wildman–Crippen MR) is 147 cm³/mol. The molecule has 3 aliphatic heterocycles. The quantitative estimate of drug-likeness (QED) is 0.370. The van der Waals surface area contributed by atoms with Gasteiger partial charge in [0.1, 0.15) is 0 Å². The van der Waals surface area contributed by atoms with E-state index >= 15 is 4.39 Å². The van der Waals surface area contributed by atoms with Gasteiger partial charge in [0.2, 0.25) is 5.79 Å². The molecule has 1 unspecified atom stereocenters. The van der Waals surface area contributed by atoms with Gasteiger partial charge in [-0.25, -0.2) is 14.1 Å². The highest BCUT2D eigenvalue weighted by Gasteiger charge is 2.48. The number of aromatic nitrogens is 4. The molecule has 9 nitrogen and oxygen atoms in total. The summed E-state index contributed by atoms with van der Waals surface area (Å²) in [5.41, 5.74) is 4.00. The van der Waals surface area contributed by atoms with Crippen LogP contribution < -0.4 is 4.90 Å². The van der Waals surface area contributed by atoms with Gasteiger partial charge in [0.05, 0.1) is 42.3 Å². The second-order valence-corrected chi connectivity index (χ2v) is 11.5. The third-order valence-electron chi connectivity index (χ3n) is 7.64. The Bertz CT molecular complexity index is 1480. The zero-order valence-electron chi connectivity index (χ0n) is 21.9. The maximum atomic E-state index is 15.1. The van der Waals surface area contributed by atoms with Crippen LogP contribution >= 0.6 is 11.3 Å². The Morgan fingerprint density at radius 3 is 2.69 bits per heavy atom. The van der Waals surface area contributed by atoms with Gasteiger partial charge in [-0.05, 0) is 25.1 Å². The van der Waals surface area contributed by atoms with Crippen molar-refractivity contribution in [2.24, 2.45) is 0 Å². The van der Waals surface area contributed by atoms with Crippen LogP contribution in [-0.4, -0.2) is 89.2 Å². The number of anilines is 1. The number of hydrogen-bond acceptors (Lipinski definition) is 9. The molecule has 6 heterocycles. The first-order valence-electron chi connectivity index (χ1n) is 13.5. The third kappa shape index (κ3) is 4.82. The number of ether oxygens (including phenoxy) is 3. The highest BCUT2D eigenvalue weighted by atomic mass is 32.1. The molecule has 3 aromatic heterocycles. The molecule has 0 radical (unpaired) electrons. The summed E-state index contributed by atoms with van der Waals surface area (Å²) in [5.74, 6) is 0.379. The van der Waals surface area contributed by atoms with Crippen LogP contribution in [0.4, 0.5) is 10.2 Å². The maximum absolute atomic E-state index is 15.1. The highest BCUT2D eigenvalue weighted by molar-refractivity contribution is 7.19. The third-order valence-corrected chi connectivity index (χ3v) is 8.74. The van der Waals surface area contributed by atoms with Crippen LogP contribution in [0.15, 0.2) is 42.6 Å². The van der Waals surface area contributed by atoms with E-state index in [9.17, 15) is 0 Å². The molecule has 0 bridgehead atoms. The summed E-state index contributed by atoms with van der Waals surface area (Å²) in [4.78, 5) is 15.5.